The minimum absolute atomic E-state index is 0.875. The lowest BCUT2D eigenvalue weighted by Gasteiger charge is -2.16. The lowest BCUT2D eigenvalue weighted by atomic mass is 9.89. The van der Waals surface area contributed by atoms with E-state index in [0.29, 0.717) is 0 Å². The minimum Gasteiger partial charge on any atom is -0.103 e. The molecule has 1 aromatic carbocycles. The lowest BCUT2D eigenvalue weighted by molar-refractivity contribution is 0.394. The van der Waals surface area contributed by atoms with Gasteiger partial charge in [-0.1, -0.05) is 61.7 Å². The Morgan fingerprint density at radius 1 is 0.800 bits per heavy atom. The number of hydrogen-bond acceptors (Lipinski definition) is 0. The predicted molar refractivity (Wildman–Crippen MR) is 91.0 cm³/mol. The molecule has 110 valence electrons. The maximum absolute atomic E-state index is 3.83. The van der Waals surface area contributed by atoms with E-state index >= 15 is 0 Å². The van der Waals surface area contributed by atoms with Crippen molar-refractivity contribution in [2.75, 3.05) is 0 Å². The molecule has 0 saturated heterocycles. The van der Waals surface area contributed by atoms with Crippen LogP contribution in [-0.4, -0.2) is 0 Å². The topological polar surface area (TPSA) is 0 Å². The smallest absolute Gasteiger partial charge is 0.0276 e. The van der Waals surface area contributed by atoms with Gasteiger partial charge in [0.25, 0.3) is 0 Å². The second-order valence-electron chi connectivity index (χ2n) is 5.68. The first kappa shape index (κ1) is 16.8. The zero-order valence-corrected chi connectivity index (χ0v) is 12.9. The van der Waals surface area contributed by atoms with Crippen LogP contribution < -0.4 is 0 Å². The van der Waals surface area contributed by atoms with Crippen LogP contribution in [0.4, 0.5) is 0 Å². The van der Waals surface area contributed by atoms with Crippen molar-refractivity contribution in [2.24, 2.45) is 5.92 Å². The van der Waals surface area contributed by atoms with Crippen molar-refractivity contribution >= 4 is 0 Å². The second kappa shape index (κ2) is 11.5. The fraction of sp³-hybridized carbons (Fsp3) is 0.500. The van der Waals surface area contributed by atoms with Gasteiger partial charge in [-0.05, 0) is 50.0 Å². The van der Waals surface area contributed by atoms with Crippen molar-refractivity contribution in [3.05, 3.63) is 61.2 Å². The molecule has 20 heavy (non-hydrogen) atoms. The third kappa shape index (κ3) is 7.99. The maximum Gasteiger partial charge on any atom is -0.0276 e. The average molecular weight is 270 g/mol. The fourth-order valence-electron chi connectivity index (χ4n) is 2.72. The molecule has 0 radical (unpaired) electrons. The van der Waals surface area contributed by atoms with Gasteiger partial charge in [-0.3, -0.25) is 0 Å². The Bertz CT molecular complexity index is 350. The molecule has 0 N–H and O–H groups in total. The van der Waals surface area contributed by atoms with Crippen LogP contribution in [0.15, 0.2) is 55.6 Å². The maximum atomic E-state index is 3.83. The van der Waals surface area contributed by atoms with E-state index in [1.165, 1.54) is 50.5 Å². The molecule has 0 fully saturated rings. The summed E-state index contributed by atoms with van der Waals surface area (Å²) in [6.07, 6.45) is 15.6. The fourth-order valence-corrected chi connectivity index (χ4v) is 2.72. The highest BCUT2D eigenvalue weighted by atomic mass is 14.1. The van der Waals surface area contributed by atoms with E-state index in [9.17, 15) is 0 Å². The van der Waals surface area contributed by atoms with Crippen molar-refractivity contribution < 1.29 is 0 Å². The second-order valence-corrected chi connectivity index (χ2v) is 5.68. The Morgan fingerprint density at radius 3 is 2.15 bits per heavy atom. The third-order valence-corrected chi connectivity index (χ3v) is 3.98. The van der Waals surface area contributed by atoms with Crippen molar-refractivity contribution in [1.82, 2.24) is 0 Å². The molecule has 0 aliphatic heterocycles. The number of unbranched alkanes of at least 4 members (excludes halogenated alkanes) is 3. The first-order valence-electron chi connectivity index (χ1n) is 8.12. The summed E-state index contributed by atoms with van der Waals surface area (Å²) < 4.78 is 0. The molecule has 0 bridgehead atoms. The van der Waals surface area contributed by atoms with Gasteiger partial charge in [-0.15, -0.1) is 13.2 Å². The highest BCUT2D eigenvalue weighted by Gasteiger charge is 2.08. The van der Waals surface area contributed by atoms with Gasteiger partial charge in [0.1, 0.15) is 0 Å². The number of rotatable bonds is 12. The van der Waals surface area contributed by atoms with Crippen LogP contribution in [-0.2, 0) is 6.42 Å². The molecule has 1 aromatic rings. The zero-order valence-electron chi connectivity index (χ0n) is 12.9. The highest BCUT2D eigenvalue weighted by molar-refractivity contribution is 5.14. The van der Waals surface area contributed by atoms with Crippen molar-refractivity contribution in [3.8, 4) is 0 Å². The van der Waals surface area contributed by atoms with Crippen molar-refractivity contribution in [3.63, 3.8) is 0 Å². The van der Waals surface area contributed by atoms with Gasteiger partial charge in [-0.25, -0.2) is 0 Å². The predicted octanol–water partition coefficient (Wildman–Crippen LogP) is 6.34. The molecule has 1 atom stereocenters. The quantitative estimate of drug-likeness (QED) is 0.307. The first-order valence-corrected chi connectivity index (χ1v) is 8.12. The molecule has 0 aromatic heterocycles. The monoisotopic (exact) mass is 270 g/mol. The third-order valence-electron chi connectivity index (χ3n) is 3.98. The summed E-state index contributed by atoms with van der Waals surface area (Å²) in [5.41, 5.74) is 1.48. The molecule has 1 unspecified atom stereocenters. The van der Waals surface area contributed by atoms with Crippen LogP contribution >= 0.6 is 0 Å². The molecule has 0 aliphatic rings. The van der Waals surface area contributed by atoms with E-state index in [4.69, 9.17) is 0 Å². The molecule has 0 aliphatic carbocycles. The highest BCUT2D eigenvalue weighted by Crippen LogP contribution is 2.22. The molecule has 0 amide bonds. The Hall–Kier alpha value is -1.30. The zero-order chi connectivity index (χ0) is 14.5. The number of hydrogen-bond donors (Lipinski definition) is 0. The molecule has 0 spiro atoms. The van der Waals surface area contributed by atoms with Crippen LogP contribution in [0.1, 0.15) is 56.9 Å². The van der Waals surface area contributed by atoms with Gasteiger partial charge in [-0.2, -0.15) is 0 Å². The molecule has 0 nitrogen and oxygen atoms in total. The minimum atomic E-state index is 0.875. The average Bonchev–Trinajstić information content (AvgIpc) is 2.49. The molecule has 1 rings (SSSR count). The summed E-state index contributed by atoms with van der Waals surface area (Å²) in [7, 11) is 0. The Morgan fingerprint density at radius 2 is 1.45 bits per heavy atom. The van der Waals surface area contributed by atoms with Crippen LogP contribution in [0, 0.1) is 5.92 Å². The number of aryl methyl sites for hydroxylation is 1. The largest absolute Gasteiger partial charge is 0.103 e. The summed E-state index contributed by atoms with van der Waals surface area (Å²) in [5.74, 6) is 0.875. The Labute approximate surface area is 125 Å². The Kier molecular flexibility index (Phi) is 9.65. The summed E-state index contributed by atoms with van der Waals surface area (Å²) in [4.78, 5) is 0. The Balaban J connectivity index is 2.31. The van der Waals surface area contributed by atoms with Crippen molar-refractivity contribution in [1.29, 1.82) is 0 Å². The number of allylic oxidation sites excluding steroid dienone is 2. The lowest BCUT2D eigenvalue weighted by Crippen LogP contribution is -2.03. The SMILES string of the molecule is C=CCCCCC(CCCC=C)CCc1ccccc1. The van der Waals surface area contributed by atoms with Gasteiger partial charge in [0, 0.05) is 0 Å². The van der Waals surface area contributed by atoms with Crippen LogP contribution in [0.5, 0.6) is 0 Å². The molecule has 0 saturated carbocycles. The van der Waals surface area contributed by atoms with E-state index < -0.39 is 0 Å². The summed E-state index contributed by atoms with van der Waals surface area (Å²) >= 11 is 0. The van der Waals surface area contributed by atoms with Crippen LogP contribution in [0.2, 0.25) is 0 Å². The van der Waals surface area contributed by atoms with E-state index in [1.807, 2.05) is 12.2 Å². The molecular weight excluding hydrogens is 240 g/mol. The standard InChI is InChI=1S/C20H30/c1-3-5-7-10-14-19(13-9-6-4-2)17-18-20-15-11-8-12-16-20/h3-4,8,11-12,15-16,19H,1-2,5-7,9-10,13-14,17-18H2. The first-order chi connectivity index (χ1) is 9.86. The van der Waals surface area contributed by atoms with Gasteiger partial charge in [0.2, 0.25) is 0 Å². The van der Waals surface area contributed by atoms with Gasteiger partial charge < -0.3 is 0 Å². The molecule has 0 heterocycles. The van der Waals surface area contributed by atoms with E-state index in [0.717, 1.165) is 18.8 Å². The van der Waals surface area contributed by atoms with Gasteiger partial charge >= 0.3 is 0 Å². The van der Waals surface area contributed by atoms with Gasteiger partial charge in [0.15, 0.2) is 0 Å². The van der Waals surface area contributed by atoms with E-state index in [-0.39, 0.29) is 0 Å². The van der Waals surface area contributed by atoms with Crippen LogP contribution in [0.25, 0.3) is 0 Å². The molecule has 0 heteroatoms. The summed E-state index contributed by atoms with van der Waals surface area (Å²) in [6, 6.07) is 10.9. The molecular formula is C20H30. The van der Waals surface area contributed by atoms with E-state index in [2.05, 4.69) is 43.5 Å². The normalized spacial score (nSPS) is 12.0. The summed E-state index contributed by atoms with van der Waals surface area (Å²) in [5, 5.41) is 0. The van der Waals surface area contributed by atoms with Gasteiger partial charge in [0.05, 0.1) is 0 Å². The van der Waals surface area contributed by atoms with Crippen molar-refractivity contribution in [2.45, 2.75) is 57.8 Å². The number of benzene rings is 1. The summed E-state index contributed by atoms with van der Waals surface area (Å²) in [6.45, 7) is 7.63. The van der Waals surface area contributed by atoms with Crippen LogP contribution in [0.3, 0.4) is 0 Å². The van der Waals surface area contributed by atoms with E-state index in [1.54, 1.807) is 0 Å².